The Balaban J connectivity index is 1.33. The van der Waals surface area contributed by atoms with Crippen molar-refractivity contribution in [1.82, 2.24) is 24.7 Å². The molecule has 35 heavy (non-hydrogen) atoms. The zero-order valence-electron chi connectivity index (χ0n) is 19.1. The number of aromatic nitrogens is 5. The minimum Gasteiger partial charge on any atom is -0.497 e. The van der Waals surface area contributed by atoms with Crippen LogP contribution in [0.3, 0.4) is 0 Å². The monoisotopic (exact) mass is 484 g/mol. The summed E-state index contributed by atoms with van der Waals surface area (Å²) in [6.45, 7) is 0.193. The predicted molar refractivity (Wildman–Crippen MR) is 136 cm³/mol. The van der Waals surface area contributed by atoms with E-state index in [0.717, 1.165) is 28.3 Å². The first kappa shape index (κ1) is 22.5. The van der Waals surface area contributed by atoms with Gasteiger partial charge in [0.15, 0.2) is 5.82 Å². The number of benzene rings is 3. The van der Waals surface area contributed by atoms with Gasteiger partial charge in [0.05, 0.1) is 18.5 Å². The molecule has 5 rings (SSSR count). The third-order valence-electron chi connectivity index (χ3n) is 5.36. The fraction of sp³-hybridized carbons (Fsp3) is 0.115. The molecule has 2 aromatic heterocycles. The Hall–Kier alpha value is -4.24. The first-order valence-corrected chi connectivity index (χ1v) is 12.0. The maximum Gasteiger partial charge on any atom is 0.210 e. The summed E-state index contributed by atoms with van der Waals surface area (Å²) in [6, 6.07) is 27.6. The maximum atomic E-state index is 6.28. The molecule has 0 bridgehead atoms. The van der Waals surface area contributed by atoms with Gasteiger partial charge in [0, 0.05) is 29.1 Å². The Labute approximate surface area is 207 Å². The van der Waals surface area contributed by atoms with Gasteiger partial charge in [-0.3, -0.25) is 0 Å². The Morgan fingerprint density at radius 2 is 1.63 bits per heavy atom. The number of thioether (sulfide) groups is 1. The lowest BCUT2D eigenvalue weighted by Crippen LogP contribution is -2.15. The summed E-state index contributed by atoms with van der Waals surface area (Å²) < 4.78 is 14.4. The van der Waals surface area contributed by atoms with E-state index >= 15 is 0 Å². The smallest absolute Gasteiger partial charge is 0.210 e. The Kier molecular flexibility index (Phi) is 6.67. The molecule has 0 spiro atoms. The molecular formula is C26H24N6O2S. The molecule has 3 aromatic carbocycles. The Morgan fingerprint density at radius 1 is 0.886 bits per heavy atom. The maximum absolute atomic E-state index is 6.28. The van der Waals surface area contributed by atoms with Crippen molar-refractivity contribution in [3.63, 3.8) is 0 Å². The molecule has 0 aliphatic rings. The quantitative estimate of drug-likeness (QED) is 0.239. The molecule has 2 heterocycles. The molecule has 9 heteroatoms. The van der Waals surface area contributed by atoms with Crippen LogP contribution in [-0.2, 0) is 12.4 Å². The van der Waals surface area contributed by atoms with Gasteiger partial charge >= 0.3 is 0 Å². The van der Waals surface area contributed by atoms with E-state index in [0.29, 0.717) is 22.5 Å². The van der Waals surface area contributed by atoms with Crippen LogP contribution >= 0.6 is 11.8 Å². The number of rotatable bonds is 9. The van der Waals surface area contributed by atoms with Gasteiger partial charge in [0.2, 0.25) is 5.16 Å². The van der Waals surface area contributed by atoms with Gasteiger partial charge < -0.3 is 15.3 Å². The summed E-state index contributed by atoms with van der Waals surface area (Å²) in [6.07, 6.45) is 2.05. The number of hydrogen-bond acceptors (Lipinski definition) is 7. The van der Waals surface area contributed by atoms with E-state index < -0.39 is 0 Å². The lowest BCUT2D eigenvalue weighted by atomic mass is 10.1. The van der Waals surface area contributed by atoms with Gasteiger partial charge in [-0.1, -0.05) is 66.4 Å². The number of para-hydroxylation sites is 1. The highest BCUT2D eigenvalue weighted by molar-refractivity contribution is 7.98. The molecule has 0 fully saturated rings. The van der Waals surface area contributed by atoms with Crippen molar-refractivity contribution in [3.05, 3.63) is 103 Å². The van der Waals surface area contributed by atoms with Crippen LogP contribution in [0.5, 0.6) is 11.5 Å². The van der Waals surface area contributed by atoms with Crippen LogP contribution in [0.1, 0.15) is 11.4 Å². The average Bonchev–Trinajstić information content (AvgIpc) is 3.50. The van der Waals surface area contributed by atoms with Crippen molar-refractivity contribution in [3.8, 4) is 28.4 Å². The molecule has 2 N–H and O–H groups in total. The molecule has 0 atom stereocenters. The van der Waals surface area contributed by atoms with Crippen LogP contribution in [0.15, 0.2) is 96.3 Å². The van der Waals surface area contributed by atoms with Crippen LogP contribution < -0.4 is 15.3 Å². The van der Waals surface area contributed by atoms with Crippen molar-refractivity contribution >= 4 is 11.8 Å². The largest absolute Gasteiger partial charge is 0.497 e. The predicted octanol–water partition coefficient (Wildman–Crippen LogP) is 4.72. The minimum absolute atomic E-state index is 0.193. The number of ether oxygens (including phenoxy) is 2. The summed E-state index contributed by atoms with van der Waals surface area (Å²) in [5.41, 5.74) is 4.05. The van der Waals surface area contributed by atoms with E-state index in [1.54, 1.807) is 7.11 Å². The van der Waals surface area contributed by atoms with Crippen molar-refractivity contribution in [2.45, 2.75) is 17.5 Å². The highest BCUT2D eigenvalue weighted by Gasteiger charge is 2.16. The number of nitrogen functional groups attached to an aromatic ring is 1. The summed E-state index contributed by atoms with van der Waals surface area (Å²) in [4.78, 5) is 0. The van der Waals surface area contributed by atoms with Gasteiger partial charge in [-0.2, -0.15) is 5.10 Å². The van der Waals surface area contributed by atoms with Crippen molar-refractivity contribution in [2.24, 2.45) is 0 Å². The van der Waals surface area contributed by atoms with Crippen LogP contribution in [0.25, 0.3) is 16.9 Å². The third kappa shape index (κ3) is 5.15. The molecule has 0 aliphatic heterocycles. The number of methoxy groups -OCH3 is 1. The fourth-order valence-electron chi connectivity index (χ4n) is 3.55. The molecule has 0 amide bonds. The molecule has 0 saturated carbocycles. The van der Waals surface area contributed by atoms with E-state index in [-0.39, 0.29) is 6.61 Å². The van der Waals surface area contributed by atoms with Gasteiger partial charge in [-0.15, -0.1) is 10.2 Å². The van der Waals surface area contributed by atoms with Gasteiger partial charge in [0.1, 0.15) is 18.1 Å². The standard InChI is InChI=1S/C26H24N6O2S/c1-33-22-13-8-14-23(15-22)34-17-24-28-29-26(32(24)27)35-18-20-16-31(21-11-6-3-7-12-21)30-25(20)19-9-4-2-5-10-19/h2-16H,17-18,27H2,1H3. The minimum atomic E-state index is 0.193. The Bertz CT molecular complexity index is 1400. The van der Waals surface area contributed by atoms with E-state index in [9.17, 15) is 0 Å². The second-order valence-corrected chi connectivity index (χ2v) is 8.62. The third-order valence-corrected chi connectivity index (χ3v) is 6.35. The van der Waals surface area contributed by atoms with Gasteiger partial charge in [-0.05, 0) is 24.3 Å². The van der Waals surface area contributed by atoms with Crippen molar-refractivity contribution in [1.29, 1.82) is 0 Å². The molecule has 8 nitrogen and oxygen atoms in total. The molecule has 0 aliphatic carbocycles. The normalized spacial score (nSPS) is 10.9. The number of nitrogens with two attached hydrogens (primary N) is 1. The molecule has 0 unspecified atom stereocenters. The lowest BCUT2D eigenvalue weighted by molar-refractivity contribution is 0.289. The number of nitrogens with zero attached hydrogens (tertiary/aromatic N) is 5. The lowest BCUT2D eigenvalue weighted by Gasteiger charge is -2.07. The van der Waals surface area contributed by atoms with Gasteiger partial charge in [-0.25, -0.2) is 9.36 Å². The SMILES string of the molecule is COc1cccc(OCc2nnc(SCc3cn(-c4ccccc4)nc3-c3ccccc3)n2N)c1. The van der Waals surface area contributed by atoms with E-state index in [4.69, 9.17) is 20.4 Å². The second-order valence-electron chi connectivity index (χ2n) is 7.67. The Morgan fingerprint density at radius 3 is 2.40 bits per heavy atom. The summed E-state index contributed by atoms with van der Waals surface area (Å²) >= 11 is 1.50. The zero-order chi connectivity index (χ0) is 24.0. The first-order valence-electron chi connectivity index (χ1n) is 11.0. The highest BCUT2D eigenvalue weighted by Crippen LogP contribution is 2.29. The van der Waals surface area contributed by atoms with E-state index in [1.807, 2.05) is 77.5 Å². The first-order chi connectivity index (χ1) is 17.2. The van der Waals surface area contributed by atoms with E-state index in [2.05, 4.69) is 28.5 Å². The summed E-state index contributed by atoms with van der Waals surface area (Å²) in [5, 5.41) is 13.9. The van der Waals surface area contributed by atoms with Crippen molar-refractivity contribution in [2.75, 3.05) is 13.0 Å². The molecule has 0 saturated heterocycles. The highest BCUT2D eigenvalue weighted by atomic mass is 32.2. The topological polar surface area (TPSA) is 93.0 Å². The average molecular weight is 485 g/mol. The van der Waals surface area contributed by atoms with Crippen molar-refractivity contribution < 1.29 is 9.47 Å². The zero-order valence-corrected chi connectivity index (χ0v) is 19.9. The fourth-order valence-corrected chi connectivity index (χ4v) is 4.39. The summed E-state index contributed by atoms with van der Waals surface area (Å²) in [7, 11) is 1.62. The molecule has 176 valence electrons. The van der Waals surface area contributed by atoms with Crippen LogP contribution in [0.2, 0.25) is 0 Å². The summed E-state index contributed by atoms with van der Waals surface area (Å²) in [5.74, 6) is 8.82. The van der Waals surface area contributed by atoms with Crippen LogP contribution in [0, 0.1) is 0 Å². The molecular weight excluding hydrogens is 460 g/mol. The van der Waals surface area contributed by atoms with Crippen LogP contribution in [0.4, 0.5) is 0 Å². The molecule has 0 radical (unpaired) electrons. The molecule has 5 aromatic rings. The van der Waals surface area contributed by atoms with E-state index in [1.165, 1.54) is 16.4 Å². The van der Waals surface area contributed by atoms with Crippen LogP contribution in [-0.4, -0.2) is 31.8 Å². The number of hydrogen-bond donors (Lipinski definition) is 1. The van der Waals surface area contributed by atoms with Gasteiger partial charge in [0.25, 0.3) is 0 Å². The second kappa shape index (κ2) is 10.4.